The van der Waals surface area contributed by atoms with Gasteiger partial charge in [-0.2, -0.15) is 0 Å². The van der Waals surface area contributed by atoms with Crippen LogP contribution >= 0.6 is 40.7 Å². The summed E-state index contributed by atoms with van der Waals surface area (Å²) in [4.78, 5) is 4.16. The zero-order chi connectivity index (χ0) is 7.56. The fraction of sp³-hybridized carbons (Fsp3) is 0.286. The molecule has 1 aromatic heterocycles. The van der Waals surface area contributed by atoms with Crippen molar-refractivity contribution in [3.05, 3.63) is 28.5 Å². The van der Waals surface area contributed by atoms with Gasteiger partial charge in [0.15, 0.2) is 0 Å². The van der Waals surface area contributed by atoms with Gasteiger partial charge in [-0.15, -0.1) is 24.8 Å². The van der Waals surface area contributed by atoms with Crippen molar-refractivity contribution in [2.75, 3.05) is 0 Å². The van der Waals surface area contributed by atoms with E-state index in [1.54, 1.807) is 0 Å². The number of nitrogens with two attached hydrogens (primary N) is 1. The van der Waals surface area contributed by atoms with Gasteiger partial charge < -0.3 is 5.73 Å². The summed E-state index contributed by atoms with van der Waals surface area (Å²) in [5.41, 5.74) is 6.51. The Morgan fingerprint density at radius 3 is 2.33 bits per heavy atom. The van der Waals surface area contributed by atoms with Gasteiger partial charge in [0.1, 0.15) is 4.60 Å². The third-order valence-electron chi connectivity index (χ3n) is 1.20. The second-order valence-corrected chi connectivity index (χ2v) is 2.99. The van der Waals surface area contributed by atoms with Crippen molar-refractivity contribution >= 4 is 40.7 Å². The maximum absolute atomic E-state index is 5.60. The van der Waals surface area contributed by atoms with Crippen LogP contribution in [0.1, 0.15) is 18.7 Å². The van der Waals surface area contributed by atoms with Gasteiger partial charge >= 0.3 is 0 Å². The minimum absolute atomic E-state index is 0. The minimum Gasteiger partial charge on any atom is -0.323 e. The van der Waals surface area contributed by atoms with E-state index in [0.717, 1.165) is 10.3 Å². The Labute approximate surface area is 92.9 Å². The third kappa shape index (κ3) is 4.26. The molecule has 0 bridgehead atoms. The summed E-state index contributed by atoms with van der Waals surface area (Å²) in [5.74, 6) is 0. The molecule has 0 unspecified atom stereocenters. The van der Waals surface area contributed by atoms with Crippen molar-refractivity contribution < 1.29 is 0 Å². The standard InChI is InChI=1S/C7H9BrN2.2ClH/c1-5(9)6-3-2-4-7(8)10-6;;/h2-5H,9H2,1H3;2*1H/t5-;;/m0../s1. The van der Waals surface area contributed by atoms with Crippen LogP contribution in [0.15, 0.2) is 22.8 Å². The lowest BCUT2D eigenvalue weighted by Crippen LogP contribution is -2.06. The highest BCUT2D eigenvalue weighted by molar-refractivity contribution is 9.10. The summed E-state index contributed by atoms with van der Waals surface area (Å²) in [6.45, 7) is 1.91. The number of rotatable bonds is 1. The lowest BCUT2D eigenvalue weighted by Gasteiger charge is -2.02. The number of pyridine rings is 1. The normalized spacial score (nSPS) is 10.9. The molecule has 1 rings (SSSR count). The van der Waals surface area contributed by atoms with E-state index < -0.39 is 0 Å². The topological polar surface area (TPSA) is 38.9 Å². The summed E-state index contributed by atoms with van der Waals surface area (Å²) in [6, 6.07) is 5.73. The van der Waals surface area contributed by atoms with Gasteiger partial charge in [0.25, 0.3) is 0 Å². The van der Waals surface area contributed by atoms with Crippen LogP contribution in [0.2, 0.25) is 0 Å². The molecule has 12 heavy (non-hydrogen) atoms. The first kappa shape index (κ1) is 14.7. The summed E-state index contributed by atoms with van der Waals surface area (Å²) in [7, 11) is 0. The SMILES string of the molecule is C[C@H](N)c1cccc(Br)n1.Cl.Cl. The molecule has 5 heteroatoms. The molecule has 70 valence electrons. The van der Waals surface area contributed by atoms with Gasteiger partial charge in [0, 0.05) is 6.04 Å². The Morgan fingerprint density at radius 1 is 1.42 bits per heavy atom. The predicted molar refractivity (Wildman–Crippen MR) is 59.0 cm³/mol. The Bertz CT molecular complexity index is 230. The number of halogens is 3. The number of nitrogens with zero attached hydrogens (tertiary/aromatic N) is 1. The van der Waals surface area contributed by atoms with Gasteiger partial charge in [-0.25, -0.2) is 4.98 Å². The van der Waals surface area contributed by atoms with Crippen LogP contribution < -0.4 is 5.73 Å². The molecule has 1 heterocycles. The van der Waals surface area contributed by atoms with Crippen LogP contribution in [0.3, 0.4) is 0 Å². The molecule has 0 amide bonds. The Hall–Kier alpha value is 0.170. The van der Waals surface area contributed by atoms with Crippen LogP contribution in [0, 0.1) is 0 Å². The molecule has 2 nitrogen and oxygen atoms in total. The van der Waals surface area contributed by atoms with Crippen molar-refractivity contribution in [3.8, 4) is 0 Å². The van der Waals surface area contributed by atoms with E-state index in [1.165, 1.54) is 0 Å². The van der Waals surface area contributed by atoms with Gasteiger partial charge in [-0.3, -0.25) is 0 Å². The molecule has 2 N–H and O–H groups in total. The van der Waals surface area contributed by atoms with Crippen LogP contribution in [0.4, 0.5) is 0 Å². The zero-order valence-corrected chi connectivity index (χ0v) is 9.75. The van der Waals surface area contributed by atoms with Crippen molar-refractivity contribution in [2.24, 2.45) is 5.73 Å². The van der Waals surface area contributed by atoms with E-state index in [9.17, 15) is 0 Å². The molecule has 1 atom stereocenters. The van der Waals surface area contributed by atoms with Crippen LogP contribution in [0.25, 0.3) is 0 Å². The van der Waals surface area contributed by atoms with Crippen LogP contribution in [-0.4, -0.2) is 4.98 Å². The smallest absolute Gasteiger partial charge is 0.106 e. The quantitative estimate of drug-likeness (QED) is 0.799. The molecule has 0 fully saturated rings. The second-order valence-electron chi connectivity index (χ2n) is 2.17. The maximum atomic E-state index is 5.60. The van der Waals surface area contributed by atoms with E-state index in [-0.39, 0.29) is 30.9 Å². The highest BCUT2D eigenvalue weighted by atomic mass is 79.9. The first-order valence-electron chi connectivity index (χ1n) is 3.08. The van der Waals surface area contributed by atoms with Crippen molar-refractivity contribution in [1.82, 2.24) is 4.98 Å². The molecule has 0 aliphatic carbocycles. The third-order valence-corrected chi connectivity index (χ3v) is 1.64. The average molecular weight is 274 g/mol. The molecule has 0 spiro atoms. The largest absolute Gasteiger partial charge is 0.323 e. The molecular formula is C7H11BrCl2N2. The lowest BCUT2D eigenvalue weighted by atomic mass is 10.2. The van der Waals surface area contributed by atoms with E-state index in [0.29, 0.717) is 0 Å². The maximum Gasteiger partial charge on any atom is 0.106 e. The molecule has 0 aromatic carbocycles. The van der Waals surface area contributed by atoms with Crippen molar-refractivity contribution in [1.29, 1.82) is 0 Å². The summed E-state index contributed by atoms with van der Waals surface area (Å²) < 4.78 is 0.835. The Kier molecular flexibility index (Phi) is 8.15. The lowest BCUT2D eigenvalue weighted by molar-refractivity contribution is 0.778. The van der Waals surface area contributed by atoms with E-state index >= 15 is 0 Å². The summed E-state index contributed by atoms with van der Waals surface area (Å²) in [6.07, 6.45) is 0. The molecule has 0 saturated heterocycles. The summed E-state index contributed by atoms with van der Waals surface area (Å²) >= 11 is 3.26. The summed E-state index contributed by atoms with van der Waals surface area (Å²) in [5, 5.41) is 0. The predicted octanol–water partition coefficient (Wildman–Crippen LogP) is 2.71. The average Bonchev–Trinajstić information content (AvgIpc) is 1.88. The number of hydrogen-bond donors (Lipinski definition) is 1. The van der Waals surface area contributed by atoms with Crippen molar-refractivity contribution in [2.45, 2.75) is 13.0 Å². The fourth-order valence-electron chi connectivity index (χ4n) is 0.678. The molecule has 0 saturated carbocycles. The second kappa shape index (κ2) is 6.66. The molecule has 0 aliphatic rings. The first-order valence-corrected chi connectivity index (χ1v) is 3.87. The van der Waals surface area contributed by atoms with E-state index in [4.69, 9.17) is 5.73 Å². The van der Waals surface area contributed by atoms with Gasteiger partial charge in [0.05, 0.1) is 5.69 Å². The molecule has 0 aliphatic heterocycles. The van der Waals surface area contributed by atoms with Gasteiger partial charge in [-0.05, 0) is 35.0 Å². The fourth-order valence-corrected chi connectivity index (χ4v) is 1.03. The number of hydrogen-bond acceptors (Lipinski definition) is 2. The highest BCUT2D eigenvalue weighted by Gasteiger charge is 1.98. The molecule has 1 aromatic rings. The highest BCUT2D eigenvalue weighted by Crippen LogP contribution is 2.10. The van der Waals surface area contributed by atoms with Crippen LogP contribution in [0.5, 0.6) is 0 Å². The number of aromatic nitrogens is 1. The Balaban J connectivity index is 0. The van der Waals surface area contributed by atoms with E-state index in [1.807, 2.05) is 25.1 Å². The molecule has 0 radical (unpaired) electrons. The first-order chi connectivity index (χ1) is 4.70. The van der Waals surface area contributed by atoms with Gasteiger partial charge in [0.2, 0.25) is 0 Å². The molecular weight excluding hydrogens is 263 g/mol. The van der Waals surface area contributed by atoms with E-state index in [2.05, 4.69) is 20.9 Å². The van der Waals surface area contributed by atoms with Crippen LogP contribution in [-0.2, 0) is 0 Å². The van der Waals surface area contributed by atoms with Crippen molar-refractivity contribution in [3.63, 3.8) is 0 Å². The minimum atomic E-state index is 0. The zero-order valence-electron chi connectivity index (χ0n) is 6.53. The monoisotopic (exact) mass is 272 g/mol. The van der Waals surface area contributed by atoms with Gasteiger partial charge in [-0.1, -0.05) is 6.07 Å². The Morgan fingerprint density at radius 2 is 2.00 bits per heavy atom.